The number of thiophene rings is 1. The molecule has 5 nitrogen and oxygen atoms in total. The minimum atomic E-state index is -0.450. The molecule has 1 atom stereocenters. The van der Waals surface area contributed by atoms with Crippen molar-refractivity contribution in [3.05, 3.63) is 22.4 Å². The Morgan fingerprint density at radius 2 is 1.80 bits per heavy atom. The van der Waals surface area contributed by atoms with E-state index in [1.54, 1.807) is 9.80 Å². The van der Waals surface area contributed by atoms with Gasteiger partial charge in [-0.2, -0.15) is 11.3 Å². The zero-order valence-corrected chi connectivity index (χ0v) is 12.7. The van der Waals surface area contributed by atoms with Crippen LogP contribution >= 0.6 is 11.3 Å². The molecule has 0 radical (unpaired) electrons. The molecule has 0 bridgehead atoms. The molecule has 1 aromatic rings. The summed E-state index contributed by atoms with van der Waals surface area (Å²) in [6, 6.07) is 1.38. The Kier molecular flexibility index (Phi) is 4.77. The van der Waals surface area contributed by atoms with Gasteiger partial charge in [0.1, 0.15) is 0 Å². The topological polar surface area (TPSA) is 66.6 Å². The molecule has 2 heterocycles. The molecule has 2 N–H and O–H groups in total. The quantitative estimate of drug-likeness (QED) is 0.905. The Morgan fingerprint density at radius 3 is 2.30 bits per heavy atom. The largest absolute Gasteiger partial charge is 0.338 e. The number of carbonyl (C=O) groups excluding carboxylic acids is 2. The van der Waals surface area contributed by atoms with Gasteiger partial charge >= 0.3 is 0 Å². The standard InChI is InChI=1S/C14H21N3O2S/c1-10(2)12(15)14(19)17-6-4-16(5-7-17)13(18)11-3-8-20-9-11/h3,8-10,12H,4-7,15H2,1-2H3/t12-/m1/s1. The van der Waals surface area contributed by atoms with Crippen molar-refractivity contribution in [1.29, 1.82) is 0 Å². The monoisotopic (exact) mass is 295 g/mol. The van der Waals surface area contributed by atoms with Gasteiger partial charge in [0, 0.05) is 31.6 Å². The van der Waals surface area contributed by atoms with Gasteiger partial charge in [0.25, 0.3) is 5.91 Å². The molecule has 2 amide bonds. The third-order valence-electron chi connectivity index (χ3n) is 3.65. The minimum Gasteiger partial charge on any atom is -0.338 e. The predicted octanol–water partition coefficient (Wildman–Crippen LogP) is 1.02. The summed E-state index contributed by atoms with van der Waals surface area (Å²) >= 11 is 1.52. The maximum atomic E-state index is 12.2. The average molecular weight is 295 g/mol. The third kappa shape index (κ3) is 3.19. The Balaban J connectivity index is 1.89. The van der Waals surface area contributed by atoms with Crippen LogP contribution in [0.3, 0.4) is 0 Å². The van der Waals surface area contributed by atoms with E-state index < -0.39 is 6.04 Å². The van der Waals surface area contributed by atoms with Gasteiger partial charge in [-0.1, -0.05) is 13.8 Å². The second-order valence-electron chi connectivity index (χ2n) is 5.40. The van der Waals surface area contributed by atoms with Gasteiger partial charge < -0.3 is 15.5 Å². The van der Waals surface area contributed by atoms with E-state index in [1.807, 2.05) is 30.7 Å². The first-order valence-electron chi connectivity index (χ1n) is 6.86. The normalized spacial score (nSPS) is 17.4. The fraction of sp³-hybridized carbons (Fsp3) is 0.571. The van der Waals surface area contributed by atoms with Gasteiger partial charge in [-0.05, 0) is 17.4 Å². The van der Waals surface area contributed by atoms with Crippen LogP contribution in [0.4, 0.5) is 0 Å². The van der Waals surface area contributed by atoms with E-state index in [0.717, 1.165) is 5.56 Å². The number of nitrogens with zero attached hydrogens (tertiary/aromatic N) is 2. The number of nitrogens with two attached hydrogens (primary N) is 1. The van der Waals surface area contributed by atoms with Crippen LogP contribution in [0.5, 0.6) is 0 Å². The van der Waals surface area contributed by atoms with Crippen LogP contribution in [0.25, 0.3) is 0 Å². The van der Waals surface area contributed by atoms with Crippen molar-refractivity contribution in [3.8, 4) is 0 Å². The fourth-order valence-electron chi connectivity index (χ4n) is 2.19. The Bertz CT molecular complexity index is 465. The highest BCUT2D eigenvalue weighted by Gasteiger charge is 2.28. The van der Waals surface area contributed by atoms with Crippen LogP contribution in [0, 0.1) is 5.92 Å². The maximum absolute atomic E-state index is 12.2. The summed E-state index contributed by atoms with van der Waals surface area (Å²) in [6.07, 6.45) is 0. The minimum absolute atomic E-state index is 0.0115. The Morgan fingerprint density at radius 1 is 1.20 bits per heavy atom. The van der Waals surface area contributed by atoms with Crippen LogP contribution in [0.1, 0.15) is 24.2 Å². The smallest absolute Gasteiger partial charge is 0.254 e. The molecule has 2 rings (SSSR count). The zero-order chi connectivity index (χ0) is 14.7. The van der Waals surface area contributed by atoms with Gasteiger partial charge in [0.15, 0.2) is 0 Å². The highest BCUT2D eigenvalue weighted by Crippen LogP contribution is 2.13. The van der Waals surface area contributed by atoms with Crippen molar-refractivity contribution in [1.82, 2.24) is 9.80 Å². The summed E-state index contributed by atoms with van der Waals surface area (Å²) in [4.78, 5) is 27.9. The second-order valence-corrected chi connectivity index (χ2v) is 6.18. The van der Waals surface area contributed by atoms with Gasteiger partial charge in [0.05, 0.1) is 11.6 Å². The van der Waals surface area contributed by atoms with Crippen LogP contribution in [0.2, 0.25) is 0 Å². The lowest BCUT2D eigenvalue weighted by Gasteiger charge is -2.36. The molecule has 110 valence electrons. The molecule has 1 saturated heterocycles. The summed E-state index contributed by atoms with van der Waals surface area (Å²) in [6.45, 7) is 6.17. The molecule has 20 heavy (non-hydrogen) atoms. The van der Waals surface area contributed by atoms with E-state index >= 15 is 0 Å². The SMILES string of the molecule is CC(C)[C@@H](N)C(=O)N1CCN(C(=O)c2ccsc2)CC1. The number of rotatable bonds is 3. The summed E-state index contributed by atoms with van der Waals surface area (Å²) in [5, 5.41) is 3.75. The van der Waals surface area contributed by atoms with E-state index in [9.17, 15) is 9.59 Å². The molecule has 0 saturated carbocycles. The van der Waals surface area contributed by atoms with Crippen molar-refractivity contribution >= 4 is 23.2 Å². The molecule has 1 aliphatic rings. The first-order valence-corrected chi connectivity index (χ1v) is 7.81. The van der Waals surface area contributed by atoms with Gasteiger partial charge in [-0.15, -0.1) is 0 Å². The van der Waals surface area contributed by atoms with Gasteiger partial charge in [-0.25, -0.2) is 0 Å². The number of hydrogen-bond donors (Lipinski definition) is 1. The molecule has 1 aliphatic heterocycles. The average Bonchev–Trinajstić information content (AvgIpc) is 2.99. The lowest BCUT2D eigenvalue weighted by atomic mass is 10.0. The van der Waals surface area contributed by atoms with Gasteiger partial charge in [0.2, 0.25) is 5.91 Å². The molecule has 1 aromatic heterocycles. The van der Waals surface area contributed by atoms with Crippen LogP contribution in [-0.2, 0) is 4.79 Å². The number of carbonyl (C=O) groups is 2. The number of hydrogen-bond acceptors (Lipinski definition) is 4. The van der Waals surface area contributed by atoms with E-state index in [1.165, 1.54) is 11.3 Å². The molecule has 0 aromatic carbocycles. The molecular formula is C14H21N3O2S. The van der Waals surface area contributed by atoms with Crippen molar-refractivity contribution < 1.29 is 9.59 Å². The first kappa shape index (κ1) is 15.0. The summed E-state index contributed by atoms with van der Waals surface area (Å²) in [5.74, 6) is 0.169. The third-order valence-corrected chi connectivity index (χ3v) is 4.33. The van der Waals surface area contributed by atoms with Crippen molar-refractivity contribution in [2.75, 3.05) is 26.2 Å². The molecular weight excluding hydrogens is 274 g/mol. The summed E-state index contributed by atoms with van der Waals surface area (Å²) in [5.41, 5.74) is 6.62. The summed E-state index contributed by atoms with van der Waals surface area (Å²) in [7, 11) is 0. The summed E-state index contributed by atoms with van der Waals surface area (Å²) < 4.78 is 0. The maximum Gasteiger partial charge on any atom is 0.254 e. The molecule has 0 aliphatic carbocycles. The lowest BCUT2D eigenvalue weighted by Crippen LogP contribution is -2.55. The van der Waals surface area contributed by atoms with Crippen LogP contribution in [-0.4, -0.2) is 53.8 Å². The van der Waals surface area contributed by atoms with E-state index in [2.05, 4.69) is 0 Å². The van der Waals surface area contributed by atoms with E-state index in [4.69, 9.17) is 5.73 Å². The van der Waals surface area contributed by atoms with Crippen molar-refractivity contribution in [3.63, 3.8) is 0 Å². The second kappa shape index (κ2) is 6.37. The Hall–Kier alpha value is -1.40. The lowest BCUT2D eigenvalue weighted by molar-refractivity contribution is -0.135. The molecule has 1 fully saturated rings. The molecule has 0 spiro atoms. The molecule has 6 heteroatoms. The van der Waals surface area contributed by atoms with E-state index in [-0.39, 0.29) is 17.7 Å². The van der Waals surface area contributed by atoms with Crippen LogP contribution < -0.4 is 5.73 Å². The highest BCUT2D eigenvalue weighted by molar-refractivity contribution is 7.08. The van der Waals surface area contributed by atoms with E-state index in [0.29, 0.717) is 26.2 Å². The van der Waals surface area contributed by atoms with Crippen LogP contribution in [0.15, 0.2) is 16.8 Å². The predicted molar refractivity (Wildman–Crippen MR) is 79.6 cm³/mol. The highest BCUT2D eigenvalue weighted by atomic mass is 32.1. The van der Waals surface area contributed by atoms with Crippen molar-refractivity contribution in [2.24, 2.45) is 11.7 Å². The van der Waals surface area contributed by atoms with Gasteiger partial charge in [-0.3, -0.25) is 9.59 Å². The number of amides is 2. The molecule has 0 unspecified atom stereocenters. The fourth-order valence-corrected chi connectivity index (χ4v) is 2.82. The number of piperazine rings is 1. The Labute approximate surface area is 123 Å². The first-order chi connectivity index (χ1) is 9.50. The zero-order valence-electron chi connectivity index (χ0n) is 11.9. The van der Waals surface area contributed by atoms with Crippen molar-refractivity contribution in [2.45, 2.75) is 19.9 Å².